The number of carbonyl (C=O) groups excluding carboxylic acids is 1. The molecule has 5 heteroatoms. The Morgan fingerprint density at radius 3 is 2.87 bits per heavy atom. The first kappa shape index (κ1) is 12.4. The third kappa shape index (κ3) is 3.15. The molecule has 1 fully saturated rings. The van der Waals surface area contributed by atoms with Gasteiger partial charge in [0.25, 0.3) is 5.91 Å². The molecular weight excluding hydrogens is 196 g/mol. The first-order valence-corrected chi connectivity index (χ1v) is 5.37. The van der Waals surface area contributed by atoms with Crippen LogP contribution in [0.25, 0.3) is 0 Å². The van der Waals surface area contributed by atoms with Crippen molar-refractivity contribution >= 4 is 5.91 Å². The molecule has 1 atom stereocenters. The van der Waals surface area contributed by atoms with Crippen LogP contribution < -0.4 is 10.8 Å². The summed E-state index contributed by atoms with van der Waals surface area (Å²) in [5.74, 6) is -0.0221. The fraction of sp³-hybridized carbons (Fsp3) is 0.900. The van der Waals surface area contributed by atoms with E-state index in [-0.39, 0.29) is 11.3 Å². The molecule has 1 amide bonds. The highest BCUT2D eigenvalue weighted by molar-refractivity contribution is 5.82. The number of hydrogen-bond acceptors (Lipinski definition) is 4. The van der Waals surface area contributed by atoms with E-state index in [2.05, 4.69) is 10.8 Å². The molecule has 0 aliphatic carbocycles. The lowest BCUT2D eigenvalue weighted by molar-refractivity contribution is -0.144. The molecule has 0 saturated carbocycles. The fourth-order valence-electron chi connectivity index (χ4n) is 1.75. The molecule has 15 heavy (non-hydrogen) atoms. The van der Waals surface area contributed by atoms with E-state index >= 15 is 0 Å². The number of carbonyl (C=O) groups is 1. The minimum atomic E-state index is -0.285. The third-order valence-electron chi connectivity index (χ3n) is 2.96. The van der Waals surface area contributed by atoms with Gasteiger partial charge in [0.1, 0.15) is 0 Å². The van der Waals surface area contributed by atoms with Crippen LogP contribution in [-0.2, 0) is 14.4 Å². The maximum atomic E-state index is 11.8. The zero-order valence-corrected chi connectivity index (χ0v) is 9.47. The summed E-state index contributed by atoms with van der Waals surface area (Å²) in [5.41, 5.74) is 2.21. The van der Waals surface area contributed by atoms with Gasteiger partial charge in [-0.3, -0.25) is 9.63 Å². The maximum absolute atomic E-state index is 11.8. The van der Waals surface area contributed by atoms with Gasteiger partial charge < -0.3 is 10.1 Å². The number of amides is 1. The topological polar surface area (TPSA) is 59.6 Å². The average Bonchev–Trinajstić information content (AvgIpc) is 2.74. The van der Waals surface area contributed by atoms with Gasteiger partial charge in [-0.2, -0.15) is 0 Å². The molecule has 1 unspecified atom stereocenters. The molecule has 0 aromatic heterocycles. The molecule has 0 bridgehead atoms. The molecule has 0 radical (unpaired) electrons. The molecule has 0 aromatic carbocycles. The zero-order valence-electron chi connectivity index (χ0n) is 9.47. The summed E-state index contributed by atoms with van der Waals surface area (Å²) in [7, 11) is 1.60. The van der Waals surface area contributed by atoms with E-state index in [0.29, 0.717) is 13.2 Å². The highest BCUT2D eigenvalue weighted by Gasteiger charge is 2.39. The van der Waals surface area contributed by atoms with Gasteiger partial charge in [0, 0.05) is 13.7 Å². The van der Waals surface area contributed by atoms with Crippen LogP contribution in [0, 0.1) is 5.41 Å². The van der Waals surface area contributed by atoms with Gasteiger partial charge in [0.05, 0.1) is 18.6 Å². The number of rotatable bonds is 6. The summed E-state index contributed by atoms with van der Waals surface area (Å²) >= 11 is 0. The van der Waals surface area contributed by atoms with Crippen LogP contribution in [0.5, 0.6) is 0 Å². The van der Waals surface area contributed by atoms with Gasteiger partial charge in [0.2, 0.25) is 0 Å². The van der Waals surface area contributed by atoms with Crippen molar-refractivity contribution in [1.82, 2.24) is 10.8 Å². The standard InChI is InChI=1S/C10H20N2O3/c1-3-10(4-5-11-8-10)9(13)12-15-7-6-14-2/h11H,3-8H2,1-2H3,(H,12,13). The van der Waals surface area contributed by atoms with E-state index in [9.17, 15) is 4.79 Å². The van der Waals surface area contributed by atoms with Crippen molar-refractivity contribution in [3.8, 4) is 0 Å². The smallest absolute Gasteiger partial charge is 0.251 e. The van der Waals surface area contributed by atoms with E-state index < -0.39 is 0 Å². The quantitative estimate of drug-likeness (QED) is 0.487. The van der Waals surface area contributed by atoms with Crippen LogP contribution in [0.3, 0.4) is 0 Å². The van der Waals surface area contributed by atoms with Crippen molar-refractivity contribution in [2.45, 2.75) is 19.8 Å². The molecule has 1 heterocycles. The minimum Gasteiger partial charge on any atom is -0.382 e. The van der Waals surface area contributed by atoms with Crippen LogP contribution >= 0.6 is 0 Å². The lowest BCUT2D eigenvalue weighted by Crippen LogP contribution is -2.42. The van der Waals surface area contributed by atoms with Crippen LogP contribution in [0.4, 0.5) is 0 Å². The molecule has 0 aromatic rings. The molecule has 88 valence electrons. The van der Waals surface area contributed by atoms with E-state index in [1.807, 2.05) is 6.92 Å². The largest absolute Gasteiger partial charge is 0.382 e. The van der Waals surface area contributed by atoms with Gasteiger partial charge in [-0.1, -0.05) is 6.92 Å². The Balaban J connectivity index is 2.31. The molecule has 0 spiro atoms. The zero-order chi connectivity index (χ0) is 11.1. The Morgan fingerprint density at radius 2 is 2.33 bits per heavy atom. The van der Waals surface area contributed by atoms with Crippen molar-refractivity contribution in [3.05, 3.63) is 0 Å². The maximum Gasteiger partial charge on any atom is 0.251 e. The van der Waals surface area contributed by atoms with Gasteiger partial charge >= 0.3 is 0 Å². The average molecular weight is 216 g/mol. The van der Waals surface area contributed by atoms with E-state index in [0.717, 1.165) is 25.9 Å². The van der Waals surface area contributed by atoms with Crippen LogP contribution in [0.15, 0.2) is 0 Å². The van der Waals surface area contributed by atoms with Crippen LogP contribution in [0.1, 0.15) is 19.8 Å². The van der Waals surface area contributed by atoms with E-state index in [1.165, 1.54) is 0 Å². The first-order chi connectivity index (χ1) is 7.25. The van der Waals surface area contributed by atoms with Crippen LogP contribution in [0.2, 0.25) is 0 Å². The van der Waals surface area contributed by atoms with Crippen molar-refractivity contribution in [3.63, 3.8) is 0 Å². The molecule has 1 saturated heterocycles. The Hall–Kier alpha value is -0.650. The molecular formula is C10H20N2O3. The predicted octanol–water partition coefficient (Wildman–Crippen LogP) is 0.0703. The Bertz CT molecular complexity index is 203. The monoisotopic (exact) mass is 216 g/mol. The second kappa shape index (κ2) is 6.05. The molecule has 1 aliphatic rings. The summed E-state index contributed by atoms with van der Waals surface area (Å²) in [5, 5.41) is 3.21. The Labute approximate surface area is 90.5 Å². The highest BCUT2D eigenvalue weighted by atomic mass is 16.7. The molecule has 2 N–H and O–H groups in total. The Morgan fingerprint density at radius 1 is 1.53 bits per heavy atom. The van der Waals surface area contributed by atoms with Crippen molar-refractivity contribution in [2.75, 3.05) is 33.4 Å². The number of nitrogens with one attached hydrogen (secondary N) is 2. The molecule has 1 rings (SSSR count). The normalized spacial score (nSPS) is 25.5. The Kier molecular flexibility index (Phi) is 5.01. The first-order valence-electron chi connectivity index (χ1n) is 5.37. The number of methoxy groups -OCH3 is 1. The number of hydroxylamine groups is 1. The minimum absolute atomic E-state index is 0.0221. The predicted molar refractivity (Wildman–Crippen MR) is 56.2 cm³/mol. The van der Waals surface area contributed by atoms with E-state index in [1.54, 1.807) is 7.11 Å². The number of hydrogen-bond donors (Lipinski definition) is 2. The SMILES string of the molecule is CCC1(C(=O)NOCCOC)CCNC1. The fourth-order valence-corrected chi connectivity index (χ4v) is 1.75. The molecule has 5 nitrogen and oxygen atoms in total. The second-order valence-electron chi connectivity index (χ2n) is 3.83. The summed E-state index contributed by atoms with van der Waals surface area (Å²) in [6.45, 7) is 4.54. The summed E-state index contributed by atoms with van der Waals surface area (Å²) in [6.07, 6.45) is 1.71. The van der Waals surface area contributed by atoms with Crippen molar-refractivity contribution in [1.29, 1.82) is 0 Å². The highest BCUT2D eigenvalue weighted by Crippen LogP contribution is 2.29. The lowest BCUT2D eigenvalue weighted by Gasteiger charge is -2.24. The van der Waals surface area contributed by atoms with Gasteiger partial charge in [-0.25, -0.2) is 5.48 Å². The second-order valence-corrected chi connectivity index (χ2v) is 3.83. The lowest BCUT2D eigenvalue weighted by atomic mass is 9.84. The van der Waals surface area contributed by atoms with Crippen molar-refractivity contribution in [2.24, 2.45) is 5.41 Å². The van der Waals surface area contributed by atoms with E-state index in [4.69, 9.17) is 9.57 Å². The van der Waals surface area contributed by atoms with Crippen LogP contribution in [-0.4, -0.2) is 39.3 Å². The number of ether oxygens (including phenoxy) is 1. The van der Waals surface area contributed by atoms with Crippen molar-refractivity contribution < 1.29 is 14.4 Å². The summed E-state index contributed by atoms with van der Waals surface area (Å²) < 4.78 is 4.81. The van der Waals surface area contributed by atoms with Gasteiger partial charge in [0.15, 0.2) is 0 Å². The third-order valence-corrected chi connectivity index (χ3v) is 2.96. The molecule has 1 aliphatic heterocycles. The van der Waals surface area contributed by atoms with Gasteiger partial charge in [-0.15, -0.1) is 0 Å². The van der Waals surface area contributed by atoms with Gasteiger partial charge in [-0.05, 0) is 19.4 Å². The summed E-state index contributed by atoms with van der Waals surface area (Å²) in [4.78, 5) is 16.9. The summed E-state index contributed by atoms with van der Waals surface area (Å²) in [6, 6.07) is 0.